The van der Waals surface area contributed by atoms with E-state index in [2.05, 4.69) is 37.9 Å². The third-order valence-electron chi connectivity index (χ3n) is 3.99. The summed E-state index contributed by atoms with van der Waals surface area (Å²) in [6, 6.07) is 0.795. The van der Waals surface area contributed by atoms with Gasteiger partial charge in [-0.1, -0.05) is 27.7 Å². The molecule has 0 bridgehead atoms. The van der Waals surface area contributed by atoms with Crippen LogP contribution in [0.1, 0.15) is 53.9 Å². The summed E-state index contributed by atoms with van der Waals surface area (Å²) in [6.45, 7) is 13.2. The molecular formula is C16H32N2O2. The van der Waals surface area contributed by atoms with Crippen molar-refractivity contribution >= 4 is 5.97 Å². The van der Waals surface area contributed by atoms with Gasteiger partial charge in [0.2, 0.25) is 0 Å². The van der Waals surface area contributed by atoms with Gasteiger partial charge in [-0.3, -0.25) is 4.79 Å². The number of carbonyl (C=O) groups excluding carboxylic acids is 1. The lowest BCUT2D eigenvalue weighted by Gasteiger charge is -2.29. The Bertz CT molecular complexity index is 292. The maximum Gasteiger partial charge on any atom is 0.323 e. The zero-order chi connectivity index (χ0) is 15.1. The van der Waals surface area contributed by atoms with E-state index >= 15 is 0 Å². The largest absolute Gasteiger partial charge is 0.465 e. The van der Waals surface area contributed by atoms with Gasteiger partial charge in [-0.05, 0) is 38.6 Å². The molecular weight excluding hydrogens is 252 g/mol. The molecule has 1 aliphatic rings. The molecule has 0 aromatic rings. The average molecular weight is 284 g/mol. The first-order valence-corrected chi connectivity index (χ1v) is 8.12. The van der Waals surface area contributed by atoms with Crippen LogP contribution in [0.5, 0.6) is 0 Å². The van der Waals surface area contributed by atoms with Crippen LogP contribution in [-0.2, 0) is 9.53 Å². The van der Waals surface area contributed by atoms with Crippen molar-refractivity contribution < 1.29 is 9.53 Å². The standard InChI is InChI=1S/C16H32N2O2/c1-6-20-16(19)14(17-13(4)5)9-11-18-10-7-8-15(18)12(2)3/h12-15,17H,6-11H2,1-5H3. The molecule has 0 radical (unpaired) electrons. The van der Waals surface area contributed by atoms with Crippen molar-refractivity contribution in [2.75, 3.05) is 19.7 Å². The van der Waals surface area contributed by atoms with Gasteiger partial charge >= 0.3 is 5.97 Å². The summed E-state index contributed by atoms with van der Waals surface area (Å²) in [6.07, 6.45) is 3.41. The number of esters is 1. The van der Waals surface area contributed by atoms with Gasteiger partial charge in [-0.2, -0.15) is 0 Å². The third kappa shape index (κ3) is 5.41. The lowest BCUT2D eigenvalue weighted by molar-refractivity contribution is -0.146. The molecule has 118 valence electrons. The van der Waals surface area contributed by atoms with E-state index < -0.39 is 0 Å². The highest BCUT2D eigenvalue weighted by molar-refractivity contribution is 5.75. The Balaban J connectivity index is 2.50. The van der Waals surface area contributed by atoms with Crippen molar-refractivity contribution in [3.05, 3.63) is 0 Å². The van der Waals surface area contributed by atoms with Gasteiger partial charge in [-0.25, -0.2) is 0 Å². The van der Waals surface area contributed by atoms with E-state index in [1.807, 2.05) is 6.92 Å². The fraction of sp³-hybridized carbons (Fsp3) is 0.938. The lowest BCUT2D eigenvalue weighted by atomic mass is 10.0. The number of carbonyl (C=O) groups is 1. The Labute approximate surface area is 124 Å². The number of hydrogen-bond acceptors (Lipinski definition) is 4. The van der Waals surface area contributed by atoms with Crippen molar-refractivity contribution in [2.45, 2.75) is 72.0 Å². The molecule has 1 heterocycles. The van der Waals surface area contributed by atoms with Gasteiger partial charge in [-0.15, -0.1) is 0 Å². The second-order valence-corrected chi connectivity index (χ2v) is 6.40. The molecule has 1 fully saturated rings. The van der Waals surface area contributed by atoms with Crippen molar-refractivity contribution in [1.29, 1.82) is 0 Å². The zero-order valence-electron chi connectivity index (χ0n) is 13.8. The molecule has 0 aromatic carbocycles. The highest BCUT2D eigenvalue weighted by atomic mass is 16.5. The number of nitrogens with zero attached hydrogens (tertiary/aromatic N) is 1. The molecule has 0 spiro atoms. The lowest BCUT2D eigenvalue weighted by Crippen LogP contribution is -2.45. The number of likely N-dealkylation sites (tertiary alicyclic amines) is 1. The molecule has 1 rings (SSSR count). The highest BCUT2D eigenvalue weighted by Gasteiger charge is 2.28. The minimum Gasteiger partial charge on any atom is -0.465 e. The van der Waals surface area contributed by atoms with E-state index in [1.165, 1.54) is 19.4 Å². The van der Waals surface area contributed by atoms with E-state index in [1.54, 1.807) is 0 Å². The summed E-state index contributed by atoms with van der Waals surface area (Å²) in [5.74, 6) is 0.582. The van der Waals surface area contributed by atoms with Crippen LogP contribution in [0.3, 0.4) is 0 Å². The Morgan fingerprint density at radius 2 is 2.05 bits per heavy atom. The zero-order valence-corrected chi connectivity index (χ0v) is 13.8. The molecule has 4 heteroatoms. The minimum atomic E-state index is -0.177. The second-order valence-electron chi connectivity index (χ2n) is 6.40. The van der Waals surface area contributed by atoms with Crippen LogP contribution in [-0.4, -0.2) is 48.7 Å². The molecule has 0 saturated carbocycles. The number of nitrogens with one attached hydrogen (secondary N) is 1. The van der Waals surface area contributed by atoms with E-state index in [4.69, 9.17) is 4.74 Å². The van der Waals surface area contributed by atoms with Gasteiger partial charge in [0.05, 0.1) is 6.61 Å². The monoisotopic (exact) mass is 284 g/mol. The number of ether oxygens (including phenoxy) is 1. The summed E-state index contributed by atoms with van der Waals surface area (Å²) in [5.41, 5.74) is 0. The number of rotatable bonds is 8. The van der Waals surface area contributed by atoms with Crippen molar-refractivity contribution in [2.24, 2.45) is 5.92 Å². The van der Waals surface area contributed by atoms with Crippen LogP contribution >= 0.6 is 0 Å². The predicted octanol–water partition coefficient (Wildman–Crippen LogP) is 2.43. The van der Waals surface area contributed by atoms with Crippen molar-refractivity contribution in [1.82, 2.24) is 10.2 Å². The molecule has 0 amide bonds. The average Bonchev–Trinajstić information content (AvgIpc) is 2.82. The summed E-state index contributed by atoms with van der Waals surface area (Å²) < 4.78 is 5.17. The van der Waals surface area contributed by atoms with Crippen LogP contribution in [0.2, 0.25) is 0 Å². The smallest absolute Gasteiger partial charge is 0.323 e. The molecule has 20 heavy (non-hydrogen) atoms. The van der Waals surface area contributed by atoms with Gasteiger partial charge in [0, 0.05) is 18.6 Å². The van der Waals surface area contributed by atoms with E-state index in [9.17, 15) is 4.79 Å². The summed E-state index contributed by atoms with van der Waals surface area (Å²) in [4.78, 5) is 14.5. The maximum atomic E-state index is 12.0. The normalized spacial score (nSPS) is 21.6. The van der Waals surface area contributed by atoms with E-state index in [0.29, 0.717) is 24.6 Å². The molecule has 0 aromatic heterocycles. The Hall–Kier alpha value is -0.610. The SMILES string of the molecule is CCOC(=O)C(CCN1CCCC1C(C)C)NC(C)C. The quantitative estimate of drug-likeness (QED) is 0.695. The van der Waals surface area contributed by atoms with E-state index in [0.717, 1.165) is 13.0 Å². The second kappa shape index (κ2) is 8.63. The fourth-order valence-electron chi connectivity index (χ4n) is 3.09. The van der Waals surface area contributed by atoms with Crippen LogP contribution in [0.15, 0.2) is 0 Å². The Morgan fingerprint density at radius 3 is 2.60 bits per heavy atom. The van der Waals surface area contributed by atoms with Crippen LogP contribution in [0.25, 0.3) is 0 Å². The van der Waals surface area contributed by atoms with E-state index in [-0.39, 0.29) is 12.0 Å². The van der Waals surface area contributed by atoms with Gasteiger partial charge < -0.3 is 15.0 Å². The molecule has 1 N–H and O–H groups in total. The molecule has 2 unspecified atom stereocenters. The first-order chi connectivity index (χ1) is 9.45. The molecule has 2 atom stereocenters. The Kier molecular flexibility index (Phi) is 7.52. The summed E-state index contributed by atoms with van der Waals surface area (Å²) in [7, 11) is 0. The fourth-order valence-corrected chi connectivity index (χ4v) is 3.09. The first-order valence-electron chi connectivity index (χ1n) is 8.12. The minimum absolute atomic E-state index is 0.110. The van der Waals surface area contributed by atoms with Crippen LogP contribution < -0.4 is 5.32 Å². The molecule has 0 aliphatic carbocycles. The molecule has 4 nitrogen and oxygen atoms in total. The van der Waals surface area contributed by atoms with Crippen molar-refractivity contribution in [3.8, 4) is 0 Å². The molecule has 1 aliphatic heterocycles. The summed E-state index contributed by atoms with van der Waals surface area (Å²) >= 11 is 0. The summed E-state index contributed by atoms with van der Waals surface area (Å²) in [5, 5.41) is 3.33. The third-order valence-corrected chi connectivity index (χ3v) is 3.99. The molecule has 1 saturated heterocycles. The highest BCUT2D eigenvalue weighted by Crippen LogP contribution is 2.23. The Morgan fingerprint density at radius 1 is 1.35 bits per heavy atom. The predicted molar refractivity (Wildman–Crippen MR) is 82.7 cm³/mol. The van der Waals surface area contributed by atoms with Crippen molar-refractivity contribution in [3.63, 3.8) is 0 Å². The van der Waals surface area contributed by atoms with Crippen LogP contribution in [0.4, 0.5) is 0 Å². The first kappa shape index (κ1) is 17.4. The maximum absolute atomic E-state index is 12.0. The van der Waals surface area contributed by atoms with Gasteiger partial charge in [0.25, 0.3) is 0 Å². The van der Waals surface area contributed by atoms with Gasteiger partial charge in [0.15, 0.2) is 0 Å². The topological polar surface area (TPSA) is 41.6 Å². The van der Waals surface area contributed by atoms with Gasteiger partial charge in [0.1, 0.15) is 6.04 Å². The van der Waals surface area contributed by atoms with Crippen LogP contribution in [0, 0.1) is 5.92 Å². The number of hydrogen-bond donors (Lipinski definition) is 1.